The second-order valence-electron chi connectivity index (χ2n) is 6.37. The minimum Gasteiger partial charge on any atom is -0.380 e. The van der Waals surface area contributed by atoms with Crippen molar-refractivity contribution in [3.05, 3.63) is 60.7 Å². The molecule has 0 spiro atoms. The topological polar surface area (TPSA) is 94.6 Å². The van der Waals surface area contributed by atoms with E-state index in [2.05, 4.69) is 0 Å². The van der Waals surface area contributed by atoms with Gasteiger partial charge in [0.2, 0.25) is 0 Å². The van der Waals surface area contributed by atoms with Crippen LogP contribution in [0.15, 0.2) is 70.5 Å². The van der Waals surface area contributed by atoms with Gasteiger partial charge in [0.1, 0.15) is 5.78 Å². The molecular formula is C19H20O6S2. The Morgan fingerprint density at radius 1 is 0.852 bits per heavy atom. The molecule has 2 aromatic rings. The Kier molecular flexibility index (Phi) is 5.78. The van der Waals surface area contributed by atoms with E-state index in [0.29, 0.717) is 0 Å². The van der Waals surface area contributed by atoms with E-state index < -0.39 is 30.2 Å². The van der Waals surface area contributed by atoms with E-state index >= 15 is 0 Å². The molecule has 144 valence electrons. The number of sulfone groups is 2. The van der Waals surface area contributed by atoms with E-state index in [1.807, 2.05) is 0 Å². The van der Waals surface area contributed by atoms with Gasteiger partial charge in [-0.15, -0.1) is 0 Å². The molecule has 1 saturated heterocycles. The van der Waals surface area contributed by atoms with Gasteiger partial charge in [-0.05, 0) is 30.7 Å². The highest BCUT2D eigenvalue weighted by Crippen LogP contribution is 2.31. The molecule has 0 aromatic heterocycles. The Labute approximate surface area is 159 Å². The van der Waals surface area contributed by atoms with Crippen LogP contribution in [0.2, 0.25) is 0 Å². The Balaban J connectivity index is 2.08. The van der Waals surface area contributed by atoms with Crippen molar-refractivity contribution in [2.45, 2.75) is 27.2 Å². The van der Waals surface area contributed by atoms with E-state index in [0.717, 1.165) is 0 Å². The normalized spacial score (nSPS) is 18.6. The van der Waals surface area contributed by atoms with Crippen LogP contribution in [-0.2, 0) is 29.2 Å². The molecular weight excluding hydrogens is 388 g/mol. The summed E-state index contributed by atoms with van der Waals surface area (Å²) < 4.78 is 56.3. The quantitative estimate of drug-likeness (QED) is 0.728. The fourth-order valence-electron chi connectivity index (χ4n) is 3.07. The number of hydrogen-bond donors (Lipinski definition) is 0. The monoisotopic (exact) mass is 408 g/mol. The van der Waals surface area contributed by atoms with E-state index in [9.17, 15) is 21.6 Å². The van der Waals surface area contributed by atoms with Crippen LogP contribution in [-0.4, -0.2) is 40.4 Å². The molecule has 2 aromatic carbocycles. The Hall–Kier alpha value is -2.03. The molecule has 0 saturated carbocycles. The first kappa shape index (κ1) is 19.7. The first-order chi connectivity index (χ1) is 12.8. The van der Waals surface area contributed by atoms with Crippen molar-refractivity contribution < 1.29 is 26.4 Å². The van der Waals surface area contributed by atoms with Crippen LogP contribution in [0.1, 0.15) is 12.8 Å². The number of benzene rings is 2. The Morgan fingerprint density at radius 2 is 1.33 bits per heavy atom. The van der Waals surface area contributed by atoms with E-state index in [1.165, 1.54) is 48.5 Å². The minimum absolute atomic E-state index is 0.0317. The van der Waals surface area contributed by atoms with Gasteiger partial charge in [0.15, 0.2) is 24.3 Å². The molecule has 1 heterocycles. The van der Waals surface area contributed by atoms with Gasteiger partial charge in [0.25, 0.3) is 0 Å². The van der Waals surface area contributed by atoms with Crippen molar-refractivity contribution in [2.75, 3.05) is 13.2 Å². The van der Waals surface area contributed by atoms with Crippen LogP contribution in [0.25, 0.3) is 0 Å². The van der Waals surface area contributed by atoms with Crippen molar-refractivity contribution in [1.29, 1.82) is 0 Å². The van der Waals surface area contributed by atoms with Crippen molar-refractivity contribution in [1.82, 2.24) is 0 Å². The highest BCUT2D eigenvalue weighted by molar-refractivity contribution is 8.09. The van der Waals surface area contributed by atoms with E-state index in [1.54, 1.807) is 12.1 Å². The third kappa shape index (κ3) is 4.12. The summed E-state index contributed by atoms with van der Waals surface area (Å²) in [5.41, 5.74) is 0. The first-order valence-corrected chi connectivity index (χ1v) is 11.6. The maximum atomic E-state index is 13.2. The lowest BCUT2D eigenvalue weighted by molar-refractivity contribution is -0.130. The average Bonchev–Trinajstić information content (AvgIpc) is 2.68. The molecule has 1 fully saturated rings. The number of carbonyl (C=O) groups excluding carboxylic acids is 1. The number of rotatable bonds is 6. The molecule has 27 heavy (non-hydrogen) atoms. The summed E-state index contributed by atoms with van der Waals surface area (Å²) in [6.45, 7) is 0.306. The zero-order valence-corrected chi connectivity index (χ0v) is 16.2. The molecule has 1 aliphatic heterocycles. The molecule has 0 amide bonds. The Morgan fingerprint density at radius 3 is 1.78 bits per heavy atom. The van der Waals surface area contributed by atoms with Gasteiger partial charge in [0, 0.05) is 12.3 Å². The Bertz CT molecular complexity index is 929. The molecule has 1 atom stereocenters. The standard InChI is InChI=1S/C19H20O6S2/c20-18-11-12-25-14-15(18)13-19(26(21,22)16-7-3-1-4-8-16)27(23,24)17-9-5-2-6-10-17/h1-10,15,19H,11-14H2/t15-/m0/s1. The molecule has 1 aliphatic rings. The van der Waals surface area contributed by atoms with Gasteiger partial charge in [0.05, 0.1) is 23.0 Å². The third-order valence-corrected chi connectivity index (χ3v) is 9.73. The lowest BCUT2D eigenvalue weighted by Crippen LogP contribution is -2.38. The summed E-state index contributed by atoms with van der Waals surface area (Å²) in [4.78, 5) is 12.0. The predicted octanol–water partition coefficient (Wildman–Crippen LogP) is 2.26. The zero-order valence-electron chi connectivity index (χ0n) is 14.5. The van der Waals surface area contributed by atoms with Gasteiger partial charge < -0.3 is 4.74 Å². The van der Waals surface area contributed by atoms with E-state index in [4.69, 9.17) is 4.74 Å². The van der Waals surface area contributed by atoms with Crippen molar-refractivity contribution in [2.24, 2.45) is 5.92 Å². The average molecular weight is 408 g/mol. The third-order valence-electron chi connectivity index (χ3n) is 4.58. The summed E-state index contributed by atoms with van der Waals surface area (Å²) in [6.07, 6.45) is -0.165. The second kappa shape index (κ2) is 7.92. The van der Waals surface area contributed by atoms with Gasteiger partial charge >= 0.3 is 0 Å². The van der Waals surface area contributed by atoms with Crippen LogP contribution in [0.4, 0.5) is 0 Å². The number of Topliss-reactive ketones (excluding diaryl/α,β-unsaturated/α-hetero) is 1. The highest BCUT2D eigenvalue weighted by Gasteiger charge is 2.43. The van der Waals surface area contributed by atoms with Crippen molar-refractivity contribution in [3.8, 4) is 0 Å². The summed E-state index contributed by atoms with van der Waals surface area (Å²) in [6, 6.07) is 14.9. The summed E-state index contributed by atoms with van der Waals surface area (Å²) in [5.74, 6) is -0.932. The smallest absolute Gasteiger partial charge is 0.195 e. The molecule has 8 heteroatoms. The minimum atomic E-state index is -4.23. The molecule has 3 rings (SSSR count). The van der Waals surface area contributed by atoms with Gasteiger partial charge in [-0.1, -0.05) is 36.4 Å². The largest absolute Gasteiger partial charge is 0.380 e. The molecule has 0 aliphatic carbocycles. The van der Waals surface area contributed by atoms with Crippen LogP contribution in [0.5, 0.6) is 0 Å². The molecule has 0 unspecified atom stereocenters. The van der Waals surface area contributed by atoms with Crippen LogP contribution in [0, 0.1) is 5.92 Å². The number of carbonyl (C=O) groups is 1. The summed E-state index contributed by atoms with van der Waals surface area (Å²) >= 11 is 0. The zero-order chi connectivity index (χ0) is 19.5. The number of ketones is 1. The number of hydrogen-bond acceptors (Lipinski definition) is 6. The van der Waals surface area contributed by atoms with Crippen molar-refractivity contribution in [3.63, 3.8) is 0 Å². The fraction of sp³-hybridized carbons (Fsp3) is 0.316. The first-order valence-electron chi connectivity index (χ1n) is 8.52. The maximum Gasteiger partial charge on any atom is 0.195 e. The fourth-order valence-corrected chi connectivity index (χ4v) is 7.72. The predicted molar refractivity (Wildman–Crippen MR) is 99.6 cm³/mol. The lowest BCUT2D eigenvalue weighted by atomic mass is 9.98. The van der Waals surface area contributed by atoms with Gasteiger partial charge in [-0.25, -0.2) is 16.8 Å². The molecule has 0 N–H and O–H groups in total. The highest BCUT2D eigenvalue weighted by atomic mass is 32.3. The molecule has 0 radical (unpaired) electrons. The SMILES string of the molecule is O=C1CCOC[C@@H]1CC(S(=O)(=O)c1ccccc1)S(=O)(=O)c1ccccc1. The summed E-state index contributed by atoms with van der Waals surface area (Å²) in [5, 5.41) is 0. The number of ether oxygens (including phenoxy) is 1. The van der Waals surface area contributed by atoms with Gasteiger partial charge in [-0.2, -0.15) is 0 Å². The molecule has 6 nitrogen and oxygen atoms in total. The molecule has 0 bridgehead atoms. The van der Waals surface area contributed by atoms with Crippen LogP contribution < -0.4 is 0 Å². The van der Waals surface area contributed by atoms with Crippen LogP contribution >= 0.6 is 0 Å². The van der Waals surface area contributed by atoms with Crippen molar-refractivity contribution >= 4 is 25.5 Å². The summed E-state index contributed by atoms with van der Waals surface area (Å²) in [7, 11) is -8.45. The second-order valence-corrected chi connectivity index (χ2v) is 10.9. The van der Waals surface area contributed by atoms with E-state index in [-0.39, 0.29) is 41.6 Å². The van der Waals surface area contributed by atoms with Crippen LogP contribution in [0.3, 0.4) is 0 Å². The maximum absolute atomic E-state index is 13.2. The lowest BCUT2D eigenvalue weighted by Gasteiger charge is -2.25. The van der Waals surface area contributed by atoms with Gasteiger partial charge in [-0.3, -0.25) is 4.79 Å².